The van der Waals surface area contributed by atoms with Gasteiger partial charge in [-0.05, 0) is 66.4 Å². The molecule has 0 saturated carbocycles. The Morgan fingerprint density at radius 2 is 1.89 bits per heavy atom. The van der Waals surface area contributed by atoms with Crippen LogP contribution in [0.4, 0.5) is 5.13 Å². The highest BCUT2D eigenvalue weighted by Crippen LogP contribution is 2.31. The molecule has 1 unspecified atom stereocenters. The number of ketones is 1. The van der Waals surface area contributed by atoms with Gasteiger partial charge >= 0.3 is 0 Å². The third-order valence-corrected chi connectivity index (χ3v) is 8.86. The summed E-state index contributed by atoms with van der Waals surface area (Å²) >= 11 is 13.3. The van der Waals surface area contributed by atoms with Crippen molar-refractivity contribution in [2.75, 3.05) is 11.3 Å². The van der Waals surface area contributed by atoms with E-state index in [1.807, 2.05) is 24.3 Å². The Kier molecular flexibility index (Phi) is 6.72. The number of sulfonamides is 1. The molecule has 1 heterocycles. The fourth-order valence-electron chi connectivity index (χ4n) is 4.10. The molecule has 0 saturated heterocycles. The van der Waals surface area contributed by atoms with Crippen molar-refractivity contribution in [2.45, 2.75) is 24.2 Å². The Morgan fingerprint density at radius 1 is 1.06 bits per heavy atom. The average molecular weight is 547 g/mol. The molecule has 5 rings (SSSR count). The lowest BCUT2D eigenvalue weighted by molar-refractivity contribution is -0.123. The minimum atomic E-state index is -3.82. The Morgan fingerprint density at radius 3 is 2.69 bits per heavy atom. The lowest BCUT2D eigenvalue weighted by Crippen LogP contribution is -2.27. The van der Waals surface area contributed by atoms with Gasteiger partial charge in [0.15, 0.2) is 5.13 Å². The second-order valence-electron chi connectivity index (χ2n) is 8.28. The molecule has 3 aromatic carbocycles. The molecule has 0 fully saturated rings. The van der Waals surface area contributed by atoms with Crippen LogP contribution >= 0.6 is 34.5 Å². The number of carbonyl (C=O) groups excluding carboxylic acids is 1. The van der Waals surface area contributed by atoms with E-state index in [2.05, 4.69) is 9.71 Å². The zero-order chi connectivity index (χ0) is 24.6. The van der Waals surface area contributed by atoms with Gasteiger partial charge in [0.05, 0.1) is 26.7 Å². The number of hydrogen-bond acceptors (Lipinski definition) is 6. The quantitative estimate of drug-likeness (QED) is 0.300. The molecule has 1 aromatic heterocycles. The SMILES string of the molecule is O=C1Cc2ccc(S(=O)(=O)Nc3nc4ccccc4s3)cc2CC1CCOc1ccc(Cl)cc1Cl. The number of rotatable bonds is 7. The lowest BCUT2D eigenvalue weighted by Gasteiger charge is -2.24. The summed E-state index contributed by atoms with van der Waals surface area (Å²) < 4.78 is 35.3. The van der Waals surface area contributed by atoms with E-state index in [0.29, 0.717) is 40.4 Å². The van der Waals surface area contributed by atoms with Crippen molar-refractivity contribution in [3.05, 3.63) is 81.8 Å². The van der Waals surface area contributed by atoms with Crippen molar-refractivity contribution in [3.63, 3.8) is 0 Å². The van der Waals surface area contributed by atoms with Crippen LogP contribution in [0.15, 0.2) is 65.6 Å². The van der Waals surface area contributed by atoms with E-state index in [-0.39, 0.29) is 23.0 Å². The average Bonchev–Trinajstić information content (AvgIpc) is 3.22. The fraction of sp³-hybridized carbons (Fsp3) is 0.200. The van der Waals surface area contributed by atoms with Crippen molar-refractivity contribution in [1.82, 2.24) is 4.98 Å². The Labute approximate surface area is 216 Å². The molecule has 1 aliphatic rings. The van der Waals surface area contributed by atoms with Gasteiger partial charge in [0.1, 0.15) is 11.5 Å². The van der Waals surface area contributed by atoms with Crippen LogP contribution in [0, 0.1) is 5.92 Å². The summed E-state index contributed by atoms with van der Waals surface area (Å²) in [7, 11) is -3.82. The molecular weight excluding hydrogens is 527 g/mol. The number of hydrogen-bond donors (Lipinski definition) is 1. The highest BCUT2D eigenvalue weighted by Gasteiger charge is 2.28. The number of nitrogens with zero attached hydrogens (tertiary/aromatic N) is 1. The van der Waals surface area contributed by atoms with Crippen LogP contribution in [0.5, 0.6) is 5.75 Å². The van der Waals surface area contributed by atoms with Gasteiger partial charge in [-0.1, -0.05) is 52.7 Å². The zero-order valence-corrected chi connectivity index (χ0v) is 21.5. The van der Waals surface area contributed by atoms with E-state index in [1.54, 1.807) is 30.3 Å². The lowest BCUT2D eigenvalue weighted by atomic mass is 9.81. The van der Waals surface area contributed by atoms with E-state index in [0.717, 1.165) is 21.3 Å². The van der Waals surface area contributed by atoms with E-state index in [9.17, 15) is 13.2 Å². The number of carbonyl (C=O) groups is 1. The number of anilines is 1. The van der Waals surface area contributed by atoms with Gasteiger partial charge in [0, 0.05) is 17.4 Å². The molecule has 35 heavy (non-hydrogen) atoms. The normalized spacial score (nSPS) is 15.7. The highest BCUT2D eigenvalue weighted by molar-refractivity contribution is 7.93. The fourth-order valence-corrected chi connectivity index (χ4v) is 6.71. The van der Waals surface area contributed by atoms with Crippen LogP contribution in [-0.2, 0) is 27.7 Å². The van der Waals surface area contributed by atoms with Gasteiger partial charge in [-0.25, -0.2) is 13.4 Å². The maximum atomic E-state index is 13.0. The van der Waals surface area contributed by atoms with E-state index < -0.39 is 10.0 Å². The van der Waals surface area contributed by atoms with Crippen molar-refractivity contribution in [2.24, 2.45) is 5.92 Å². The first-order valence-electron chi connectivity index (χ1n) is 10.9. The number of nitrogens with one attached hydrogen (secondary N) is 1. The number of Topliss-reactive ketones (excluding diaryl/α,β-unsaturated/α-hetero) is 1. The zero-order valence-electron chi connectivity index (χ0n) is 18.3. The molecule has 180 valence electrons. The number of benzene rings is 3. The van der Waals surface area contributed by atoms with Crippen LogP contribution < -0.4 is 9.46 Å². The summed E-state index contributed by atoms with van der Waals surface area (Å²) in [6.07, 6.45) is 1.22. The first-order chi connectivity index (χ1) is 16.8. The molecule has 10 heteroatoms. The van der Waals surface area contributed by atoms with Crippen LogP contribution in [0.2, 0.25) is 10.0 Å². The van der Waals surface area contributed by atoms with Crippen LogP contribution in [0.1, 0.15) is 17.5 Å². The van der Waals surface area contributed by atoms with E-state index >= 15 is 0 Å². The van der Waals surface area contributed by atoms with Crippen molar-refractivity contribution in [3.8, 4) is 5.75 Å². The first kappa shape index (κ1) is 24.1. The number of aromatic nitrogens is 1. The van der Waals surface area contributed by atoms with Gasteiger partial charge in [-0.15, -0.1) is 0 Å². The predicted molar refractivity (Wildman–Crippen MR) is 139 cm³/mol. The number of halogens is 2. The van der Waals surface area contributed by atoms with Gasteiger partial charge in [0.2, 0.25) is 0 Å². The molecule has 4 aromatic rings. The Hall–Kier alpha value is -2.65. The van der Waals surface area contributed by atoms with Crippen molar-refractivity contribution >= 4 is 65.7 Å². The molecule has 0 amide bonds. The molecule has 0 aliphatic heterocycles. The molecule has 1 N–H and O–H groups in total. The summed E-state index contributed by atoms with van der Waals surface area (Å²) in [5, 5.41) is 1.24. The second-order valence-corrected chi connectivity index (χ2v) is 11.8. The smallest absolute Gasteiger partial charge is 0.263 e. The van der Waals surface area contributed by atoms with E-state index in [4.69, 9.17) is 27.9 Å². The molecule has 0 bridgehead atoms. The van der Waals surface area contributed by atoms with Crippen LogP contribution in [0.3, 0.4) is 0 Å². The number of para-hydroxylation sites is 1. The monoisotopic (exact) mass is 546 g/mol. The maximum absolute atomic E-state index is 13.0. The topological polar surface area (TPSA) is 85.4 Å². The number of thiazole rings is 1. The summed E-state index contributed by atoms with van der Waals surface area (Å²) in [6, 6.07) is 17.4. The summed E-state index contributed by atoms with van der Waals surface area (Å²) in [4.78, 5) is 17.2. The third-order valence-electron chi connectivity index (χ3n) is 5.91. The first-order valence-corrected chi connectivity index (χ1v) is 13.9. The maximum Gasteiger partial charge on any atom is 0.263 e. The van der Waals surface area contributed by atoms with Crippen LogP contribution in [0.25, 0.3) is 10.2 Å². The summed E-state index contributed by atoms with van der Waals surface area (Å²) in [5.74, 6) is 0.365. The molecule has 1 atom stereocenters. The minimum Gasteiger partial charge on any atom is -0.492 e. The Bertz CT molecular complexity index is 1500. The third kappa shape index (κ3) is 5.30. The molecular formula is C25H20Cl2N2O4S2. The standard InChI is InChI=1S/C25H20Cl2N2O4S2/c26-18-6-8-23(20(27)14-18)33-10-9-16-11-17-12-19(7-5-15(17)13-22(16)30)35(31,32)29-25-28-21-3-1-2-4-24(21)34-25/h1-8,12,14,16H,9-11,13H2,(H,28,29). The van der Waals surface area contributed by atoms with E-state index in [1.165, 1.54) is 17.4 Å². The molecule has 0 radical (unpaired) electrons. The molecule has 1 aliphatic carbocycles. The second kappa shape index (κ2) is 9.78. The van der Waals surface area contributed by atoms with Crippen molar-refractivity contribution in [1.29, 1.82) is 0 Å². The minimum absolute atomic E-state index is 0.117. The van der Waals surface area contributed by atoms with Crippen molar-refractivity contribution < 1.29 is 17.9 Å². The van der Waals surface area contributed by atoms with Gasteiger partial charge in [0.25, 0.3) is 10.0 Å². The molecule has 6 nitrogen and oxygen atoms in total. The summed E-state index contributed by atoms with van der Waals surface area (Å²) in [6.45, 7) is 0.310. The van der Waals surface area contributed by atoms with Gasteiger partial charge in [-0.3, -0.25) is 9.52 Å². The number of ether oxygens (including phenoxy) is 1. The van der Waals surface area contributed by atoms with Crippen LogP contribution in [-0.4, -0.2) is 25.8 Å². The molecule has 0 spiro atoms. The highest BCUT2D eigenvalue weighted by atomic mass is 35.5. The predicted octanol–water partition coefficient (Wildman–Crippen LogP) is 6.16. The van der Waals surface area contributed by atoms with Gasteiger partial charge < -0.3 is 4.74 Å². The van der Waals surface area contributed by atoms with Gasteiger partial charge in [-0.2, -0.15) is 0 Å². The summed E-state index contributed by atoms with van der Waals surface area (Å²) in [5.41, 5.74) is 2.45. The Balaban J connectivity index is 1.29. The largest absolute Gasteiger partial charge is 0.492 e. The number of fused-ring (bicyclic) bond motifs is 2.